The molecule has 0 fully saturated rings. The Kier molecular flexibility index (Phi) is 6.59. The minimum Gasteiger partial charge on any atom is -0.480 e. The van der Waals surface area contributed by atoms with Gasteiger partial charge in [0, 0.05) is 20.1 Å². The monoisotopic (exact) mass is 220 g/mol. The third-order valence-corrected chi connectivity index (χ3v) is 1.72. The molecule has 0 radical (unpaired) electrons. The summed E-state index contributed by atoms with van der Waals surface area (Å²) in [5, 5.41) is 19.4. The van der Waals surface area contributed by atoms with E-state index in [2.05, 4.69) is 10.1 Å². The molecule has 1 amide bonds. The summed E-state index contributed by atoms with van der Waals surface area (Å²) in [7, 11) is 1.38. The molecule has 88 valence electrons. The number of hydrogen-bond donors (Lipinski definition) is 4. The van der Waals surface area contributed by atoms with E-state index in [9.17, 15) is 9.59 Å². The topological polar surface area (TPSA) is 122 Å². The molecule has 0 saturated carbocycles. The molecular formula is C8H16N2O5. The Labute approximate surface area is 87.2 Å². The van der Waals surface area contributed by atoms with Crippen LogP contribution in [-0.4, -0.2) is 54.5 Å². The maximum absolute atomic E-state index is 11.3. The van der Waals surface area contributed by atoms with Crippen LogP contribution in [0, 0.1) is 0 Å². The Morgan fingerprint density at radius 1 is 1.53 bits per heavy atom. The Bertz CT molecular complexity index is 221. The van der Waals surface area contributed by atoms with E-state index in [1.165, 1.54) is 7.11 Å². The summed E-state index contributed by atoms with van der Waals surface area (Å²) in [6.45, 7) is -0.311. The molecule has 0 spiro atoms. The second kappa shape index (κ2) is 7.16. The van der Waals surface area contributed by atoms with Crippen molar-refractivity contribution in [3.63, 3.8) is 0 Å². The number of hydrogen-bond acceptors (Lipinski definition) is 5. The fourth-order valence-electron chi connectivity index (χ4n) is 0.920. The van der Waals surface area contributed by atoms with Gasteiger partial charge >= 0.3 is 5.97 Å². The van der Waals surface area contributed by atoms with Crippen LogP contribution in [0.5, 0.6) is 0 Å². The van der Waals surface area contributed by atoms with Gasteiger partial charge in [-0.15, -0.1) is 0 Å². The molecule has 2 atom stereocenters. The van der Waals surface area contributed by atoms with Crippen LogP contribution in [0.25, 0.3) is 0 Å². The fraction of sp³-hybridized carbons (Fsp3) is 0.750. The van der Waals surface area contributed by atoms with Crippen LogP contribution >= 0.6 is 0 Å². The summed E-state index contributed by atoms with van der Waals surface area (Å²) < 4.78 is 4.64. The van der Waals surface area contributed by atoms with E-state index in [4.69, 9.17) is 15.9 Å². The number of nitrogens with two attached hydrogens (primary N) is 1. The van der Waals surface area contributed by atoms with Gasteiger partial charge in [-0.25, -0.2) is 4.79 Å². The molecule has 0 aromatic carbocycles. The highest BCUT2D eigenvalue weighted by Gasteiger charge is 2.22. The smallest absolute Gasteiger partial charge is 0.326 e. The lowest BCUT2D eigenvalue weighted by Crippen LogP contribution is -2.50. The maximum Gasteiger partial charge on any atom is 0.326 e. The number of carboxylic acid groups (broad SMARTS) is 1. The highest BCUT2D eigenvalue weighted by Crippen LogP contribution is 1.92. The minimum absolute atomic E-state index is 0.0112. The lowest BCUT2D eigenvalue weighted by atomic mass is 10.2. The number of ether oxygens (including phenoxy) is 1. The molecule has 0 aliphatic heterocycles. The van der Waals surface area contributed by atoms with Crippen LogP contribution in [-0.2, 0) is 14.3 Å². The second-order valence-electron chi connectivity index (χ2n) is 2.97. The molecule has 7 heteroatoms. The SMILES string of the molecule is COCC(N)C(=O)N[C@H](CCO)C(=O)O. The largest absolute Gasteiger partial charge is 0.480 e. The van der Waals surface area contributed by atoms with Gasteiger partial charge in [0.05, 0.1) is 6.61 Å². The van der Waals surface area contributed by atoms with Crippen molar-refractivity contribution in [3.8, 4) is 0 Å². The number of aliphatic hydroxyl groups is 1. The van der Waals surface area contributed by atoms with Gasteiger partial charge in [0.25, 0.3) is 0 Å². The lowest BCUT2D eigenvalue weighted by Gasteiger charge is -2.16. The number of carbonyl (C=O) groups excluding carboxylic acids is 1. The van der Waals surface area contributed by atoms with Gasteiger partial charge in [-0.1, -0.05) is 0 Å². The van der Waals surface area contributed by atoms with Gasteiger partial charge in [-0.3, -0.25) is 4.79 Å². The van der Waals surface area contributed by atoms with Crippen molar-refractivity contribution in [1.82, 2.24) is 5.32 Å². The van der Waals surface area contributed by atoms with Crippen LogP contribution in [0.2, 0.25) is 0 Å². The van der Waals surface area contributed by atoms with E-state index in [0.29, 0.717) is 0 Å². The van der Waals surface area contributed by atoms with E-state index < -0.39 is 24.0 Å². The lowest BCUT2D eigenvalue weighted by molar-refractivity contribution is -0.142. The van der Waals surface area contributed by atoms with Crippen molar-refractivity contribution >= 4 is 11.9 Å². The van der Waals surface area contributed by atoms with E-state index in [0.717, 1.165) is 0 Å². The van der Waals surface area contributed by atoms with Crippen molar-refractivity contribution in [1.29, 1.82) is 0 Å². The van der Waals surface area contributed by atoms with E-state index in [1.54, 1.807) is 0 Å². The number of aliphatic hydroxyl groups excluding tert-OH is 1. The zero-order valence-electron chi connectivity index (χ0n) is 8.47. The molecule has 0 aliphatic carbocycles. The molecule has 0 aromatic heterocycles. The summed E-state index contributed by atoms with van der Waals surface area (Å²) in [4.78, 5) is 21.9. The van der Waals surface area contributed by atoms with Gasteiger partial charge in [-0.05, 0) is 0 Å². The molecule has 0 aromatic rings. The van der Waals surface area contributed by atoms with Gasteiger partial charge in [-0.2, -0.15) is 0 Å². The van der Waals surface area contributed by atoms with Crippen molar-refractivity contribution in [2.24, 2.45) is 5.73 Å². The van der Waals surface area contributed by atoms with E-state index in [1.807, 2.05) is 0 Å². The molecule has 0 bridgehead atoms. The molecule has 5 N–H and O–H groups in total. The summed E-state index contributed by atoms with van der Waals surface area (Å²) in [5.41, 5.74) is 5.38. The van der Waals surface area contributed by atoms with Gasteiger partial charge < -0.3 is 26.0 Å². The Balaban J connectivity index is 4.15. The molecule has 0 rings (SSSR count). The fourth-order valence-corrected chi connectivity index (χ4v) is 0.920. The highest BCUT2D eigenvalue weighted by molar-refractivity contribution is 5.86. The molecule has 0 saturated heterocycles. The van der Waals surface area contributed by atoms with Crippen LogP contribution in [0.1, 0.15) is 6.42 Å². The zero-order valence-corrected chi connectivity index (χ0v) is 8.47. The summed E-state index contributed by atoms with van der Waals surface area (Å²) in [6, 6.07) is -2.03. The van der Waals surface area contributed by atoms with E-state index in [-0.39, 0.29) is 19.6 Å². The summed E-state index contributed by atoms with van der Waals surface area (Å²) >= 11 is 0. The zero-order chi connectivity index (χ0) is 11.8. The van der Waals surface area contributed by atoms with Crippen LogP contribution in [0.3, 0.4) is 0 Å². The number of carbonyl (C=O) groups is 2. The number of methoxy groups -OCH3 is 1. The van der Waals surface area contributed by atoms with Crippen molar-refractivity contribution in [3.05, 3.63) is 0 Å². The predicted octanol–water partition coefficient (Wildman–Crippen LogP) is -2.09. The second-order valence-corrected chi connectivity index (χ2v) is 2.97. The molecule has 0 heterocycles. The molecule has 7 nitrogen and oxygen atoms in total. The first-order valence-corrected chi connectivity index (χ1v) is 4.41. The highest BCUT2D eigenvalue weighted by atomic mass is 16.5. The molecule has 1 unspecified atom stereocenters. The maximum atomic E-state index is 11.3. The van der Waals surface area contributed by atoms with Crippen molar-refractivity contribution in [2.45, 2.75) is 18.5 Å². The first-order chi connectivity index (χ1) is 7.02. The average molecular weight is 220 g/mol. The van der Waals surface area contributed by atoms with Gasteiger partial charge in [0.15, 0.2) is 0 Å². The Morgan fingerprint density at radius 2 is 2.13 bits per heavy atom. The number of carboxylic acids is 1. The third kappa shape index (κ3) is 5.31. The first-order valence-electron chi connectivity index (χ1n) is 4.41. The Morgan fingerprint density at radius 3 is 2.53 bits per heavy atom. The number of nitrogens with one attached hydrogen (secondary N) is 1. The van der Waals surface area contributed by atoms with Crippen molar-refractivity contribution in [2.75, 3.05) is 20.3 Å². The summed E-state index contributed by atoms with van der Waals surface area (Å²) in [5.74, 6) is -1.82. The quantitative estimate of drug-likeness (QED) is 0.390. The molecular weight excluding hydrogens is 204 g/mol. The summed E-state index contributed by atoms with van der Waals surface area (Å²) in [6.07, 6.45) is -0.0548. The minimum atomic E-state index is -1.21. The standard InChI is InChI=1S/C8H16N2O5/c1-15-4-5(9)7(12)10-6(2-3-11)8(13)14/h5-6,11H,2-4,9H2,1H3,(H,10,12)(H,13,14)/t5?,6-/m1/s1. The van der Waals surface area contributed by atoms with Gasteiger partial charge in [0.1, 0.15) is 12.1 Å². The Hall–Kier alpha value is -1.18. The van der Waals surface area contributed by atoms with Crippen LogP contribution in [0.15, 0.2) is 0 Å². The van der Waals surface area contributed by atoms with Crippen LogP contribution < -0.4 is 11.1 Å². The van der Waals surface area contributed by atoms with E-state index >= 15 is 0 Å². The number of amides is 1. The first kappa shape index (κ1) is 13.8. The number of rotatable bonds is 7. The normalized spacial score (nSPS) is 14.3. The van der Waals surface area contributed by atoms with Gasteiger partial charge in [0.2, 0.25) is 5.91 Å². The average Bonchev–Trinajstić information content (AvgIpc) is 2.17. The molecule has 15 heavy (non-hydrogen) atoms. The predicted molar refractivity (Wildman–Crippen MR) is 51.1 cm³/mol. The van der Waals surface area contributed by atoms with Crippen LogP contribution in [0.4, 0.5) is 0 Å². The number of aliphatic carboxylic acids is 1. The third-order valence-electron chi connectivity index (χ3n) is 1.72. The van der Waals surface area contributed by atoms with Crippen molar-refractivity contribution < 1.29 is 24.5 Å². The molecule has 0 aliphatic rings.